The number of piperazine rings is 1. The van der Waals surface area contributed by atoms with Gasteiger partial charge in [-0.05, 0) is 43.0 Å². The van der Waals surface area contributed by atoms with Gasteiger partial charge in [0.1, 0.15) is 0 Å². The van der Waals surface area contributed by atoms with Gasteiger partial charge in [-0.1, -0.05) is 30.0 Å². The molecule has 0 bridgehead atoms. The molecule has 24 heavy (non-hydrogen) atoms. The first kappa shape index (κ1) is 15.3. The van der Waals surface area contributed by atoms with E-state index in [1.165, 1.54) is 21.1 Å². The lowest BCUT2D eigenvalue weighted by Gasteiger charge is -2.36. The predicted molar refractivity (Wildman–Crippen MR) is 98.7 cm³/mol. The van der Waals surface area contributed by atoms with Crippen LogP contribution < -0.4 is 0 Å². The highest BCUT2D eigenvalue weighted by molar-refractivity contribution is 7.99. The zero-order valence-electron chi connectivity index (χ0n) is 13.7. The van der Waals surface area contributed by atoms with E-state index in [0.717, 1.165) is 31.7 Å². The fourth-order valence-electron chi connectivity index (χ4n) is 3.24. The van der Waals surface area contributed by atoms with Gasteiger partial charge in [0.15, 0.2) is 0 Å². The molecule has 3 nitrogen and oxygen atoms in total. The minimum absolute atomic E-state index is 0.717. The van der Waals surface area contributed by atoms with Gasteiger partial charge in [-0.15, -0.1) is 0 Å². The third-order valence-electron chi connectivity index (χ3n) is 4.66. The summed E-state index contributed by atoms with van der Waals surface area (Å²) in [5, 5.41) is 9.23. The number of rotatable bonds is 1. The molecule has 2 aromatic carbocycles. The Morgan fingerprint density at radius 1 is 1.00 bits per heavy atom. The lowest BCUT2D eigenvalue weighted by molar-refractivity contribution is 0.207. The summed E-state index contributed by atoms with van der Waals surface area (Å²) < 4.78 is 0. The van der Waals surface area contributed by atoms with Crippen LogP contribution in [0, 0.1) is 11.3 Å². The summed E-state index contributed by atoms with van der Waals surface area (Å²) >= 11 is 1.79. The Hall–Kier alpha value is -2.22. The molecule has 0 aromatic heterocycles. The van der Waals surface area contributed by atoms with Crippen molar-refractivity contribution in [3.63, 3.8) is 0 Å². The van der Waals surface area contributed by atoms with Crippen molar-refractivity contribution in [3.8, 4) is 6.07 Å². The second-order valence-corrected chi connectivity index (χ2v) is 7.37. The van der Waals surface area contributed by atoms with Gasteiger partial charge in [-0.2, -0.15) is 5.26 Å². The van der Waals surface area contributed by atoms with E-state index in [4.69, 9.17) is 0 Å². The second kappa shape index (κ2) is 6.35. The summed E-state index contributed by atoms with van der Waals surface area (Å²) in [5.41, 5.74) is 4.43. The van der Waals surface area contributed by atoms with Crippen LogP contribution in [0.2, 0.25) is 0 Å². The minimum atomic E-state index is 0.717. The highest BCUT2D eigenvalue weighted by Crippen LogP contribution is 2.41. The SMILES string of the molecule is CN1CCN(C2=Cc3cc(C#N)ccc3Sc3ccccc32)CC1. The van der Waals surface area contributed by atoms with E-state index in [0.29, 0.717) is 5.56 Å². The van der Waals surface area contributed by atoms with E-state index in [-0.39, 0.29) is 0 Å². The maximum absolute atomic E-state index is 9.23. The van der Waals surface area contributed by atoms with Crippen LogP contribution in [-0.4, -0.2) is 43.0 Å². The fraction of sp³-hybridized carbons (Fsp3) is 0.250. The molecule has 0 unspecified atom stereocenters. The topological polar surface area (TPSA) is 30.3 Å². The maximum atomic E-state index is 9.23. The average Bonchev–Trinajstić information content (AvgIpc) is 2.78. The van der Waals surface area contributed by atoms with Crippen molar-refractivity contribution in [2.75, 3.05) is 33.2 Å². The first-order valence-corrected chi connectivity index (χ1v) is 9.03. The molecular formula is C20H19N3S. The number of nitriles is 1. The normalized spacial score (nSPS) is 17.3. The van der Waals surface area contributed by atoms with Crippen LogP contribution in [-0.2, 0) is 0 Å². The fourth-order valence-corrected chi connectivity index (χ4v) is 4.28. The zero-order valence-corrected chi connectivity index (χ0v) is 14.5. The van der Waals surface area contributed by atoms with E-state index in [9.17, 15) is 5.26 Å². The average molecular weight is 333 g/mol. The molecule has 0 N–H and O–H groups in total. The molecule has 1 fully saturated rings. The molecule has 0 radical (unpaired) electrons. The minimum Gasteiger partial charge on any atom is -0.368 e. The van der Waals surface area contributed by atoms with Crippen LogP contribution in [0.5, 0.6) is 0 Å². The van der Waals surface area contributed by atoms with Crippen molar-refractivity contribution in [2.45, 2.75) is 9.79 Å². The molecule has 0 spiro atoms. The van der Waals surface area contributed by atoms with Crippen molar-refractivity contribution in [3.05, 3.63) is 59.2 Å². The predicted octanol–water partition coefficient (Wildman–Crippen LogP) is 3.77. The first-order chi connectivity index (χ1) is 11.7. The number of nitrogens with zero attached hydrogens (tertiary/aromatic N) is 3. The number of benzene rings is 2. The van der Waals surface area contributed by atoms with Crippen molar-refractivity contribution in [1.29, 1.82) is 5.26 Å². The van der Waals surface area contributed by atoms with Crippen molar-refractivity contribution < 1.29 is 0 Å². The lowest BCUT2D eigenvalue weighted by Crippen LogP contribution is -2.43. The number of likely N-dealkylation sites (N-methyl/N-ethyl adjacent to an activating group) is 1. The van der Waals surface area contributed by atoms with E-state index in [1.54, 1.807) is 11.8 Å². The first-order valence-electron chi connectivity index (χ1n) is 8.21. The Morgan fingerprint density at radius 3 is 2.58 bits per heavy atom. The van der Waals surface area contributed by atoms with Gasteiger partial charge >= 0.3 is 0 Å². The van der Waals surface area contributed by atoms with E-state index < -0.39 is 0 Å². The monoisotopic (exact) mass is 333 g/mol. The van der Waals surface area contributed by atoms with Gasteiger partial charge in [0.2, 0.25) is 0 Å². The van der Waals surface area contributed by atoms with E-state index in [1.807, 2.05) is 12.1 Å². The molecular weight excluding hydrogens is 314 g/mol. The third-order valence-corrected chi connectivity index (χ3v) is 5.83. The Morgan fingerprint density at radius 2 is 1.79 bits per heavy atom. The van der Waals surface area contributed by atoms with Gasteiger partial charge in [0.05, 0.1) is 11.6 Å². The standard InChI is InChI=1S/C20H19N3S/c1-22-8-10-23(11-9-22)18-13-16-12-15(14-21)6-7-19(16)24-20-5-3-2-4-17(18)20/h2-7,12-13H,8-11H2,1H3. The number of hydrogen-bond acceptors (Lipinski definition) is 4. The number of fused-ring (bicyclic) bond motifs is 2. The molecule has 2 aliphatic heterocycles. The second-order valence-electron chi connectivity index (χ2n) is 6.28. The van der Waals surface area contributed by atoms with Crippen LogP contribution in [0.3, 0.4) is 0 Å². The molecule has 0 aliphatic carbocycles. The van der Waals surface area contributed by atoms with Gasteiger partial charge < -0.3 is 9.80 Å². The smallest absolute Gasteiger partial charge is 0.0991 e. The van der Waals surface area contributed by atoms with E-state index >= 15 is 0 Å². The van der Waals surface area contributed by atoms with Gasteiger partial charge in [0, 0.05) is 47.2 Å². The molecule has 4 rings (SSSR count). The highest BCUT2D eigenvalue weighted by Gasteiger charge is 2.22. The lowest BCUT2D eigenvalue weighted by atomic mass is 10.0. The van der Waals surface area contributed by atoms with Crippen molar-refractivity contribution in [2.24, 2.45) is 0 Å². The summed E-state index contributed by atoms with van der Waals surface area (Å²) in [7, 11) is 2.18. The molecule has 0 atom stereocenters. The Kier molecular flexibility index (Phi) is 4.05. The third kappa shape index (κ3) is 2.82. The van der Waals surface area contributed by atoms with Crippen molar-refractivity contribution in [1.82, 2.24) is 9.80 Å². The maximum Gasteiger partial charge on any atom is 0.0991 e. The molecule has 2 heterocycles. The molecule has 0 amide bonds. The quantitative estimate of drug-likeness (QED) is 0.795. The van der Waals surface area contributed by atoms with Crippen molar-refractivity contribution >= 4 is 23.5 Å². The van der Waals surface area contributed by atoms with Gasteiger partial charge in [-0.3, -0.25) is 0 Å². The van der Waals surface area contributed by atoms with Crippen LogP contribution in [0.4, 0.5) is 0 Å². The van der Waals surface area contributed by atoms with Crippen LogP contribution in [0.15, 0.2) is 52.3 Å². The largest absolute Gasteiger partial charge is 0.368 e. The summed E-state index contributed by atoms with van der Waals surface area (Å²) in [5.74, 6) is 0. The summed E-state index contributed by atoms with van der Waals surface area (Å²) in [6, 6.07) is 16.9. The summed E-state index contributed by atoms with van der Waals surface area (Å²) in [6.07, 6.45) is 2.26. The van der Waals surface area contributed by atoms with Crippen LogP contribution in [0.1, 0.15) is 16.7 Å². The summed E-state index contributed by atoms with van der Waals surface area (Å²) in [4.78, 5) is 7.35. The van der Waals surface area contributed by atoms with Crippen LogP contribution >= 0.6 is 11.8 Å². The van der Waals surface area contributed by atoms with E-state index in [2.05, 4.69) is 59.3 Å². The molecule has 0 saturated carbocycles. The zero-order chi connectivity index (χ0) is 16.5. The molecule has 2 aliphatic rings. The molecule has 2 aromatic rings. The van der Waals surface area contributed by atoms with Crippen LogP contribution in [0.25, 0.3) is 11.8 Å². The Balaban J connectivity index is 1.84. The Bertz CT molecular complexity index is 842. The molecule has 120 valence electrons. The Labute approximate surface area is 147 Å². The highest BCUT2D eigenvalue weighted by atomic mass is 32.2. The number of hydrogen-bond donors (Lipinski definition) is 0. The summed E-state index contributed by atoms with van der Waals surface area (Å²) in [6.45, 7) is 4.23. The van der Waals surface area contributed by atoms with Gasteiger partial charge in [-0.25, -0.2) is 0 Å². The molecule has 4 heteroatoms. The molecule has 1 saturated heterocycles. The van der Waals surface area contributed by atoms with Gasteiger partial charge in [0.25, 0.3) is 0 Å².